The number of alkyl halides is 2. The van der Waals surface area contributed by atoms with E-state index in [1.165, 1.54) is 11.0 Å². The van der Waals surface area contributed by atoms with Gasteiger partial charge in [0, 0.05) is 37.5 Å². The maximum absolute atomic E-state index is 13.7. The van der Waals surface area contributed by atoms with Crippen molar-refractivity contribution in [2.75, 3.05) is 32.8 Å². The van der Waals surface area contributed by atoms with Gasteiger partial charge in [0.15, 0.2) is 0 Å². The SMILES string of the molecule is Cc1ccc(C[C@H](NC(=O)OCC2CCCN(C(=O)C(C#N)=CC(C)(C)N3CCC(F)(F)C3)C2)B(O)O)cc1. The molecule has 39 heavy (non-hydrogen) atoms. The fourth-order valence-electron chi connectivity index (χ4n) is 4.97. The van der Waals surface area contributed by atoms with E-state index in [4.69, 9.17) is 4.74 Å². The predicted molar refractivity (Wildman–Crippen MR) is 142 cm³/mol. The van der Waals surface area contributed by atoms with Gasteiger partial charge in [-0.3, -0.25) is 9.69 Å². The normalized spacial score (nSPS) is 20.7. The van der Waals surface area contributed by atoms with Gasteiger partial charge in [-0.05, 0) is 51.7 Å². The standard InChI is InChI=1S/C27H37BF2N4O5/c1-19-6-8-20(9-7-19)13-23(28(37)38)32-25(36)39-17-21-5-4-11-33(16-21)24(35)22(15-31)14-26(2,3)34-12-10-27(29,30)18-34/h6-9,14,21,23,37-38H,4-5,10-13,16-18H2,1-3H3,(H,32,36)/t21?,23-/m0/s1. The van der Waals surface area contributed by atoms with Crippen LogP contribution in [-0.2, 0) is 16.0 Å². The monoisotopic (exact) mass is 546 g/mol. The lowest BCUT2D eigenvalue weighted by molar-refractivity contribution is -0.128. The van der Waals surface area contributed by atoms with Crippen LogP contribution < -0.4 is 5.32 Å². The Kier molecular flexibility index (Phi) is 10.1. The highest BCUT2D eigenvalue weighted by atomic mass is 19.3. The molecule has 1 aromatic rings. The largest absolute Gasteiger partial charge is 0.475 e. The number of amides is 2. The Hall–Kier alpha value is -3.01. The molecule has 0 radical (unpaired) electrons. The summed E-state index contributed by atoms with van der Waals surface area (Å²) < 4.78 is 32.8. The third-order valence-electron chi connectivity index (χ3n) is 7.33. The molecule has 0 aliphatic carbocycles. The fourth-order valence-corrected chi connectivity index (χ4v) is 4.97. The number of benzene rings is 1. The van der Waals surface area contributed by atoms with Crippen LogP contribution in [0, 0.1) is 24.2 Å². The minimum atomic E-state index is -2.79. The number of piperidine rings is 1. The molecule has 3 N–H and O–H groups in total. The van der Waals surface area contributed by atoms with Crippen molar-refractivity contribution in [3.05, 3.63) is 47.0 Å². The Balaban J connectivity index is 1.54. The van der Waals surface area contributed by atoms with Crippen molar-refractivity contribution >= 4 is 19.1 Å². The van der Waals surface area contributed by atoms with E-state index in [1.54, 1.807) is 18.7 Å². The Morgan fingerprint density at radius 2 is 2.00 bits per heavy atom. The number of rotatable bonds is 9. The summed E-state index contributed by atoms with van der Waals surface area (Å²) in [7, 11) is -1.78. The van der Waals surface area contributed by atoms with E-state index in [9.17, 15) is 33.7 Å². The van der Waals surface area contributed by atoms with E-state index in [1.807, 2.05) is 37.3 Å². The minimum absolute atomic E-state index is 0.00828. The van der Waals surface area contributed by atoms with Gasteiger partial charge < -0.3 is 25.0 Å². The smallest absolute Gasteiger partial charge is 0.449 e. The highest BCUT2D eigenvalue weighted by Gasteiger charge is 2.43. The zero-order chi connectivity index (χ0) is 28.8. The second-order valence-corrected chi connectivity index (χ2v) is 11.1. The van der Waals surface area contributed by atoms with Crippen molar-refractivity contribution in [2.45, 2.75) is 63.9 Å². The summed E-state index contributed by atoms with van der Waals surface area (Å²) in [6.07, 6.45) is 1.95. The number of nitrogens with zero attached hydrogens (tertiary/aromatic N) is 3. The van der Waals surface area contributed by atoms with Gasteiger partial charge in [0.05, 0.1) is 19.1 Å². The molecule has 12 heteroatoms. The summed E-state index contributed by atoms with van der Waals surface area (Å²) in [5.41, 5.74) is 0.877. The van der Waals surface area contributed by atoms with E-state index in [-0.39, 0.29) is 44.0 Å². The quantitative estimate of drug-likeness (QED) is 0.247. The van der Waals surface area contributed by atoms with Gasteiger partial charge >= 0.3 is 13.2 Å². The highest BCUT2D eigenvalue weighted by molar-refractivity contribution is 6.43. The van der Waals surface area contributed by atoms with E-state index < -0.39 is 43.1 Å². The molecule has 1 aromatic carbocycles. The number of carbonyl (C=O) groups excluding carboxylic acids is 2. The molecule has 2 amide bonds. The van der Waals surface area contributed by atoms with Gasteiger partial charge in [-0.15, -0.1) is 0 Å². The van der Waals surface area contributed by atoms with Crippen LogP contribution in [0.15, 0.2) is 35.9 Å². The van der Waals surface area contributed by atoms with Crippen LogP contribution >= 0.6 is 0 Å². The average molecular weight is 546 g/mol. The minimum Gasteiger partial charge on any atom is -0.449 e. The molecule has 0 aromatic heterocycles. The van der Waals surface area contributed by atoms with Crippen LogP contribution in [0.2, 0.25) is 0 Å². The van der Waals surface area contributed by atoms with Gasteiger partial charge in [0.2, 0.25) is 0 Å². The molecule has 3 rings (SSSR count). The molecule has 1 unspecified atom stereocenters. The maximum Gasteiger partial charge on any atom is 0.475 e. The van der Waals surface area contributed by atoms with E-state index >= 15 is 0 Å². The molecule has 2 atom stereocenters. The predicted octanol–water partition coefficient (Wildman–Crippen LogP) is 2.45. The number of hydrogen-bond acceptors (Lipinski definition) is 7. The van der Waals surface area contributed by atoms with Gasteiger partial charge in [-0.25, -0.2) is 13.6 Å². The molecular weight excluding hydrogens is 509 g/mol. The average Bonchev–Trinajstić information content (AvgIpc) is 3.27. The first-order chi connectivity index (χ1) is 18.3. The van der Waals surface area contributed by atoms with E-state index in [0.717, 1.165) is 11.1 Å². The zero-order valence-electron chi connectivity index (χ0n) is 22.7. The number of nitriles is 1. The first-order valence-electron chi connectivity index (χ1n) is 13.2. The highest BCUT2D eigenvalue weighted by Crippen LogP contribution is 2.33. The summed E-state index contributed by atoms with van der Waals surface area (Å²) in [4.78, 5) is 28.6. The fraction of sp³-hybridized carbons (Fsp3) is 0.593. The first kappa shape index (κ1) is 30.5. The summed E-state index contributed by atoms with van der Waals surface area (Å²) in [5, 5.41) is 31.6. The number of alkyl carbamates (subject to hydrolysis) is 1. The van der Waals surface area contributed by atoms with Gasteiger partial charge in [0.1, 0.15) is 11.6 Å². The number of carbonyl (C=O) groups is 2. The third kappa shape index (κ3) is 8.75. The number of nitrogens with one attached hydrogen (secondary N) is 1. The Morgan fingerprint density at radius 3 is 2.59 bits per heavy atom. The summed E-state index contributed by atoms with van der Waals surface area (Å²) >= 11 is 0. The molecule has 2 fully saturated rings. The van der Waals surface area contributed by atoms with Crippen LogP contribution in [-0.4, -0.2) is 89.2 Å². The maximum atomic E-state index is 13.7. The lowest BCUT2D eigenvalue weighted by Crippen LogP contribution is -2.48. The molecule has 212 valence electrons. The van der Waals surface area contributed by atoms with Gasteiger partial charge in [-0.2, -0.15) is 5.26 Å². The summed E-state index contributed by atoms with van der Waals surface area (Å²) in [6.45, 7) is 5.81. The Labute approximate surface area is 228 Å². The number of aryl methyl sites for hydroxylation is 1. The van der Waals surface area contributed by atoms with E-state index in [0.29, 0.717) is 19.4 Å². The Bertz CT molecular complexity index is 1090. The van der Waals surface area contributed by atoms with Gasteiger partial charge in [-0.1, -0.05) is 29.8 Å². The van der Waals surface area contributed by atoms with Crippen LogP contribution in [0.1, 0.15) is 44.2 Å². The molecule has 0 spiro atoms. The summed E-state index contributed by atoms with van der Waals surface area (Å²) in [5.74, 6) is -4.41. The molecule has 2 saturated heterocycles. The topological polar surface area (TPSA) is 126 Å². The van der Waals surface area contributed by atoms with Crippen molar-refractivity contribution in [2.24, 2.45) is 5.92 Å². The number of halogens is 2. The van der Waals surface area contributed by atoms with Crippen LogP contribution in [0.3, 0.4) is 0 Å². The van der Waals surface area contributed by atoms with Crippen LogP contribution in [0.25, 0.3) is 0 Å². The van der Waals surface area contributed by atoms with Crippen molar-refractivity contribution in [1.82, 2.24) is 15.1 Å². The van der Waals surface area contributed by atoms with Crippen LogP contribution in [0.4, 0.5) is 13.6 Å². The second kappa shape index (κ2) is 12.9. The third-order valence-corrected chi connectivity index (χ3v) is 7.33. The molecular formula is C27H37BF2N4O5. The van der Waals surface area contributed by atoms with Gasteiger partial charge in [0.25, 0.3) is 11.8 Å². The summed E-state index contributed by atoms with van der Waals surface area (Å²) in [6, 6.07) is 9.41. The van der Waals surface area contributed by atoms with Crippen LogP contribution in [0.5, 0.6) is 0 Å². The van der Waals surface area contributed by atoms with Crippen molar-refractivity contribution < 1.29 is 33.2 Å². The molecule has 2 heterocycles. The lowest BCUT2D eigenvalue weighted by Gasteiger charge is -2.35. The second-order valence-electron chi connectivity index (χ2n) is 11.1. The molecule has 9 nitrogen and oxygen atoms in total. The molecule has 0 bridgehead atoms. The molecule has 2 aliphatic rings. The first-order valence-corrected chi connectivity index (χ1v) is 13.2. The number of likely N-dealkylation sites (tertiary alicyclic amines) is 2. The van der Waals surface area contributed by atoms with Crippen molar-refractivity contribution in [1.29, 1.82) is 5.26 Å². The Morgan fingerprint density at radius 1 is 1.31 bits per heavy atom. The molecule has 0 saturated carbocycles. The number of ether oxygens (including phenoxy) is 1. The van der Waals surface area contributed by atoms with Crippen molar-refractivity contribution in [3.63, 3.8) is 0 Å². The molecule has 2 aliphatic heterocycles. The van der Waals surface area contributed by atoms with E-state index in [2.05, 4.69) is 5.32 Å². The zero-order valence-corrected chi connectivity index (χ0v) is 22.7. The van der Waals surface area contributed by atoms with Crippen molar-refractivity contribution in [3.8, 4) is 6.07 Å². The number of hydrogen-bond donors (Lipinski definition) is 3. The lowest BCUT2D eigenvalue weighted by atomic mass is 9.76.